The van der Waals surface area contributed by atoms with Gasteiger partial charge >= 0.3 is 0 Å². The molecule has 2 heteroatoms. The number of aromatic nitrogens is 1. The molecule has 0 N–H and O–H groups in total. The van der Waals surface area contributed by atoms with E-state index in [1.54, 1.807) is 0 Å². The standard InChI is InChI=1S/C17H12N2/c1-12-2-5-15-8-9-16(10-17(15)19-12)14-6-3-13(11-18)4-7-14/h2-10H,1H3. The summed E-state index contributed by atoms with van der Waals surface area (Å²) in [5, 5.41) is 9.95. The third-order valence-corrected chi connectivity index (χ3v) is 3.18. The molecule has 2 aromatic carbocycles. The van der Waals surface area contributed by atoms with Crippen molar-refractivity contribution in [3.05, 3.63) is 65.9 Å². The van der Waals surface area contributed by atoms with Crippen molar-refractivity contribution in [2.24, 2.45) is 0 Å². The van der Waals surface area contributed by atoms with Gasteiger partial charge in [0, 0.05) is 11.1 Å². The molecule has 0 aliphatic rings. The molecule has 0 bridgehead atoms. The van der Waals surface area contributed by atoms with Crippen molar-refractivity contribution in [3.8, 4) is 17.2 Å². The van der Waals surface area contributed by atoms with Crippen molar-refractivity contribution in [3.63, 3.8) is 0 Å². The lowest BCUT2D eigenvalue weighted by Gasteiger charge is -2.04. The molecule has 0 saturated carbocycles. The van der Waals surface area contributed by atoms with E-state index in [2.05, 4.69) is 35.3 Å². The van der Waals surface area contributed by atoms with Crippen LogP contribution in [-0.2, 0) is 0 Å². The molecule has 0 spiro atoms. The minimum absolute atomic E-state index is 0.679. The molecule has 0 fully saturated rings. The van der Waals surface area contributed by atoms with E-state index in [4.69, 9.17) is 5.26 Å². The average molecular weight is 244 g/mol. The first-order valence-corrected chi connectivity index (χ1v) is 6.14. The van der Waals surface area contributed by atoms with Crippen molar-refractivity contribution in [1.29, 1.82) is 5.26 Å². The van der Waals surface area contributed by atoms with Gasteiger partial charge in [0.05, 0.1) is 17.1 Å². The Kier molecular flexibility index (Phi) is 2.74. The lowest BCUT2D eigenvalue weighted by molar-refractivity contribution is 1.26. The Labute approximate surface area is 112 Å². The van der Waals surface area contributed by atoms with E-state index in [-0.39, 0.29) is 0 Å². The minimum Gasteiger partial charge on any atom is -0.253 e. The Hall–Kier alpha value is -2.66. The molecule has 1 heterocycles. The van der Waals surface area contributed by atoms with Crippen LogP contribution in [0.15, 0.2) is 54.6 Å². The molecule has 3 aromatic rings. The number of rotatable bonds is 1. The topological polar surface area (TPSA) is 36.7 Å². The maximum absolute atomic E-state index is 8.81. The molecule has 0 atom stereocenters. The summed E-state index contributed by atoms with van der Waals surface area (Å²) in [5.74, 6) is 0. The summed E-state index contributed by atoms with van der Waals surface area (Å²) in [4.78, 5) is 4.54. The van der Waals surface area contributed by atoms with Crippen LogP contribution in [0.2, 0.25) is 0 Å². The Balaban J connectivity index is 2.11. The SMILES string of the molecule is Cc1ccc2ccc(-c3ccc(C#N)cc3)cc2n1. The molecule has 0 radical (unpaired) electrons. The summed E-state index contributed by atoms with van der Waals surface area (Å²) in [6.45, 7) is 1.99. The summed E-state index contributed by atoms with van der Waals surface area (Å²) in [7, 11) is 0. The number of nitrogens with zero attached hydrogens (tertiary/aromatic N) is 2. The van der Waals surface area contributed by atoms with Gasteiger partial charge < -0.3 is 0 Å². The van der Waals surface area contributed by atoms with E-state index in [9.17, 15) is 0 Å². The normalized spacial score (nSPS) is 10.3. The predicted octanol–water partition coefficient (Wildman–Crippen LogP) is 4.08. The first-order chi connectivity index (χ1) is 9.26. The maximum atomic E-state index is 8.81. The van der Waals surface area contributed by atoms with Gasteiger partial charge in [0.2, 0.25) is 0 Å². The fraction of sp³-hybridized carbons (Fsp3) is 0.0588. The van der Waals surface area contributed by atoms with Gasteiger partial charge in [-0.15, -0.1) is 0 Å². The lowest BCUT2D eigenvalue weighted by atomic mass is 10.0. The number of hydrogen-bond donors (Lipinski definition) is 0. The number of aryl methyl sites for hydroxylation is 1. The van der Waals surface area contributed by atoms with Crippen molar-refractivity contribution in [2.45, 2.75) is 6.92 Å². The summed E-state index contributed by atoms with van der Waals surface area (Å²) in [6, 6.07) is 20.1. The van der Waals surface area contributed by atoms with Crippen molar-refractivity contribution >= 4 is 10.9 Å². The van der Waals surface area contributed by atoms with E-state index < -0.39 is 0 Å². The zero-order valence-corrected chi connectivity index (χ0v) is 10.6. The number of nitriles is 1. The van der Waals surface area contributed by atoms with Crippen molar-refractivity contribution in [1.82, 2.24) is 4.98 Å². The van der Waals surface area contributed by atoms with Crippen LogP contribution in [-0.4, -0.2) is 4.98 Å². The highest BCUT2D eigenvalue weighted by molar-refractivity contribution is 5.84. The smallest absolute Gasteiger partial charge is 0.0991 e. The van der Waals surface area contributed by atoms with Crippen LogP contribution in [0.1, 0.15) is 11.3 Å². The Morgan fingerprint density at radius 3 is 2.32 bits per heavy atom. The van der Waals surface area contributed by atoms with Crippen LogP contribution in [0.3, 0.4) is 0 Å². The van der Waals surface area contributed by atoms with Crippen molar-refractivity contribution in [2.75, 3.05) is 0 Å². The molecule has 0 amide bonds. The van der Waals surface area contributed by atoms with Crippen LogP contribution in [0.25, 0.3) is 22.0 Å². The van der Waals surface area contributed by atoms with Crippen LogP contribution in [0.4, 0.5) is 0 Å². The fourth-order valence-corrected chi connectivity index (χ4v) is 2.14. The molecule has 1 aromatic heterocycles. The Morgan fingerprint density at radius 1 is 0.895 bits per heavy atom. The van der Waals surface area contributed by atoms with Crippen LogP contribution >= 0.6 is 0 Å². The monoisotopic (exact) mass is 244 g/mol. The van der Waals surface area contributed by atoms with E-state index in [0.29, 0.717) is 5.56 Å². The first-order valence-electron chi connectivity index (χ1n) is 6.14. The fourth-order valence-electron chi connectivity index (χ4n) is 2.14. The summed E-state index contributed by atoms with van der Waals surface area (Å²) < 4.78 is 0. The second-order valence-electron chi connectivity index (χ2n) is 4.55. The Morgan fingerprint density at radius 2 is 1.58 bits per heavy atom. The third kappa shape index (κ3) is 2.19. The highest BCUT2D eigenvalue weighted by Gasteiger charge is 2.01. The summed E-state index contributed by atoms with van der Waals surface area (Å²) in [5.41, 5.74) is 4.92. The van der Waals surface area contributed by atoms with Gasteiger partial charge in [-0.25, -0.2) is 0 Å². The molecule has 0 aliphatic heterocycles. The quantitative estimate of drug-likeness (QED) is 0.646. The molecule has 0 unspecified atom stereocenters. The molecule has 19 heavy (non-hydrogen) atoms. The van der Waals surface area contributed by atoms with Crippen LogP contribution < -0.4 is 0 Å². The zero-order valence-electron chi connectivity index (χ0n) is 10.6. The van der Waals surface area contributed by atoms with Gasteiger partial charge in [0.1, 0.15) is 0 Å². The molecule has 90 valence electrons. The number of benzene rings is 2. The molecular formula is C17H12N2. The minimum atomic E-state index is 0.679. The lowest BCUT2D eigenvalue weighted by Crippen LogP contribution is -1.85. The van der Waals surface area contributed by atoms with E-state index in [0.717, 1.165) is 27.7 Å². The molecule has 0 aliphatic carbocycles. The molecule has 2 nitrogen and oxygen atoms in total. The van der Waals surface area contributed by atoms with E-state index in [1.165, 1.54) is 0 Å². The summed E-state index contributed by atoms with van der Waals surface area (Å²) >= 11 is 0. The van der Waals surface area contributed by atoms with Crippen molar-refractivity contribution < 1.29 is 0 Å². The number of pyridine rings is 1. The molecule has 3 rings (SSSR count). The first kappa shape index (κ1) is 11.4. The highest BCUT2D eigenvalue weighted by atomic mass is 14.7. The zero-order chi connectivity index (χ0) is 13.2. The summed E-state index contributed by atoms with van der Waals surface area (Å²) in [6.07, 6.45) is 0. The van der Waals surface area contributed by atoms with Crippen LogP contribution in [0.5, 0.6) is 0 Å². The van der Waals surface area contributed by atoms with Gasteiger partial charge in [0.15, 0.2) is 0 Å². The van der Waals surface area contributed by atoms with Gasteiger partial charge in [-0.3, -0.25) is 4.98 Å². The largest absolute Gasteiger partial charge is 0.253 e. The highest BCUT2D eigenvalue weighted by Crippen LogP contribution is 2.24. The number of hydrogen-bond acceptors (Lipinski definition) is 2. The van der Waals surface area contributed by atoms with Gasteiger partial charge in [0.25, 0.3) is 0 Å². The van der Waals surface area contributed by atoms with Crippen LogP contribution in [0, 0.1) is 18.3 Å². The molecular weight excluding hydrogens is 232 g/mol. The van der Waals surface area contributed by atoms with Gasteiger partial charge in [-0.1, -0.05) is 30.3 Å². The van der Waals surface area contributed by atoms with Gasteiger partial charge in [-0.2, -0.15) is 5.26 Å². The maximum Gasteiger partial charge on any atom is 0.0991 e. The second kappa shape index (κ2) is 4.55. The third-order valence-electron chi connectivity index (χ3n) is 3.18. The average Bonchev–Trinajstić information content (AvgIpc) is 2.46. The molecule has 0 saturated heterocycles. The van der Waals surface area contributed by atoms with E-state index in [1.807, 2.05) is 37.3 Å². The van der Waals surface area contributed by atoms with E-state index >= 15 is 0 Å². The predicted molar refractivity (Wildman–Crippen MR) is 76.6 cm³/mol. The second-order valence-corrected chi connectivity index (χ2v) is 4.55. The number of fused-ring (bicyclic) bond motifs is 1. The van der Waals surface area contributed by atoms with Gasteiger partial charge in [-0.05, 0) is 42.3 Å². The Bertz CT molecular complexity index is 780.